The van der Waals surface area contributed by atoms with Gasteiger partial charge in [-0.15, -0.1) is 0 Å². The van der Waals surface area contributed by atoms with E-state index in [1.54, 1.807) is 6.07 Å². The average Bonchev–Trinajstić information content (AvgIpc) is 2.82. The maximum atomic E-state index is 12.4. The normalized spacial score (nSPS) is 10.9. The minimum Gasteiger partial charge on any atom is -0.378 e. The fourth-order valence-corrected chi connectivity index (χ4v) is 3.20. The minimum atomic E-state index is -0.268. The van der Waals surface area contributed by atoms with Crippen LogP contribution >= 0.6 is 0 Å². The maximum Gasteiger partial charge on any atom is 0.238 e. The number of amides is 3. The number of likely N-dealkylation sites (N-methyl/N-ethyl adjacent to an activating group) is 1. The van der Waals surface area contributed by atoms with Crippen LogP contribution in [0.5, 0.6) is 0 Å². The molecule has 0 unspecified atom stereocenters. The molecule has 192 valence electrons. The summed E-state index contributed by atoms with van der Waals surface area (Å²) in [6.45, 7) is 12.3. The van der Waals surface area contributed by atoms with E-state index in [0.717, 1.165) is 24.2 Å². The van der Waals surface area contributed by atoms with Crippen LogP contribution in [-0.2, 0) is 23.9 Å². The maximum absolute atomic E-state index is 12.4. The van der Waals surface area contributed by atoms with Crippen molar-refractivity contribution in [2.75, 3.05) is 69.8 Å². The number of anilines is 2. The fraction of sp³-hybridized carbons (Fsp3) is 0.625. The summed E-state index contributed by atoms with van der Waals surface area (Å²) >= 11 is 0. The number of ether oxygens (including phenoxy) is 2. The zero-order valence-corrected chi connectivity index (χ0v) is 21.0. The van der Waals surface area contributed by atoms with Gasteiger partial charge in [0.05, 0.1) is 33.0 Å². The van der Waals surface area contributed by atoms with Crippen molar-refractivity contribution >= 4 is 29.1 Å². The van der Waals surface area contributed by atoms with Crippen molar-refractivity contribution in [1.82, 2.24) is 10.2 Å². The van der Waals surface area contributed by atoms with E-state index < -0.39 is 0 Å². The third-order valence-corrected chi connectivity index (χ3v) is 5.26. The molecule has 1 aromatic rings. The molecule has 0 aliphatic rings. The first-order valence-electron chi connectivity index (χ1n) is 11.9. The van der Waals surface area contributed by atoms with E-state index in [0.29, 0.717) is 57.4 Å². The van der Waals surface area contributed by atoms with E-state index in [2.05, 4.69) is 16.0 Å². The molecule has 0 saturated carbocycles. The molecule has 0 aliphatic carbocycles. The first-order chi connectivity index (χ1) is 16.3. The second kappa shape index (κ2) is 17.0. The third-order valence-electron chi connectivity index (χ3n) is 5.26. The Morgan fingerprint density at radius 1 is 0.882 bits per heavy atom. The molecule has 0 atom stereocenters. The van der Waals surface area contributed by atoms with E-state index in [1.807, 2.05) is 38.7 Å². The van der Waals surface area contributed by atoms with Crippen LogP contribution in [0.1, 0.15) is 37.8 Å². The van der Waals surface area contributed by atoms with E-state index in [1.165, 1.54) is 0 Å². The number of hydrogen-bond donors (Lipinski definition) is 4. The molecule has 0 saturated heterocycles. The van der Waals surface area contributed by atoms with Gasteiger partial charge in [0.15, 0.2) is 0 Å². The minimum absolute atomic E-state index is 0.0522. The van der Waals surface area contributed by atoms with Gasteiger partial charge in [-0.2, -0.15) is 0 Å². The smallest absolute Gasteiger partial charge is 0.238 e. The Kier molecular flexibility index (Phi) is 14.7. The number of rotatable bonds is 17. The Bertz CT molecular complexity index is 783. The van der Waals surface area contributed by atoms with Gasteiger partial charge in [0.25, 0.3) is 0 Å². The molecule has 3 amide bonds. The van der Waals surface area contributed by atoms with Gasteiger partial charge in [-0.05, 0) is 44.1 Å². The van der Waals surface area contributed by atoms with E-state index >= 15 is 0 Å². The number of carbonyl (C=O) groups is 3. The van der Waals surface area contributed by atoms with Gasteiger partial charge in [-0.25, -0.2) is 0 Å². The van der Waals surface area contributed by atoms with Gasteiger partial charge in [0.2, 0.25) is 17.7 Å². The summed E-state index contributed by atoms with van der Waals surface area (Å²) in [6, 6.07) is 3.65. The summed E-state index contributed by atoms with van der Waals surface area (Å²) < 4.78 is 10.5. The lowest BCUT2D eigenvalue weighted by atomic mass is 10.1. The first-order valence-corrected chi connectivity index (χ1v) is 11.9. The predicted octanol–water partition coefficient (Wildman–Crippen LogP) is 1.41. The second-order valence-corrected chi connectivity index (χ2v) is 7.85. The topological polar surface area (TPSA) is 135 Å². The van der Waals surface area contributed by atoms with Gasteiger partial charge in [-0.1, -0.05) is 19.9 Å². The molecule has 0 spiro atoms. The molecule has 0 fully saturated rings. The number of aryl methyl sites for hydroxylation is 1. The number of carbonyl (C=O) groups excluding carboxylic acids is 3. The molecule has 0 bridgehead atoms. The predicted molar refractivity (Wildman–Crippen MR) is 134 cm³/mol. The van der Waals surface area contributed by atoms with Crippen molar-refractivity contribution in [1.29, 1.82) is 0 Å². The standard InChI is InChI=1S/C24H41N5O5/c1-5-29(6-2)17-23(32)28-24-18(3)7-8-20(19(24)4)27-22(31)10-9-21(30)26-12-14-34-16-15-33-13-11-25/h7-8H,5-6,9-17,25H2,1-4H3,(H,26,30)(H,27,31)(H,28,32). The molecular weight excluding hydrogens is 438 g/mol. The van der Waals surface area contributed by atoms with Gasteiger partial charge >= 0.3 is 0 Å². The van der Waals surface area contributed by atoms with E-state index in [4.69, 9.17) is 15.2 Å². The summed E-state index contributed by atoms with van der Waals surface area (Å²) in [5.74, 6) is -0.582. The van der Waals surface area contributed by atoms with Crippen molar-refractivity contribution in [3.8, 4) is 0 Å². The molecule has 34 heavy (non-hydrogen) atoms. The van der Waals surface area contributed by atoms with Crippen molar-refractivity contribution in [3.63, 3.8) is 0 Å². The number of nitrogens with zero attached hydrogens (tertiary/aromatic N) is 1. The molecule has 10 nitrogen and oxygen atoms in total. The van der Waals surface area contributed by atoms with Crippen molar-refractivity contribution in [3.05, 3.63) is 23.3 Å². The van der Waals surface area contributed by atoms with Crippen LogP contribution < -0.4 is 21.7 Å². The van der Waals surface area contributed by atoms with E-state index in [9.17, 15) is 14.4 Å². The van der Waals surface area contributed by atoms with Crippen molar-refractivity contribution in [2.24, 2.45) is 5.73 Å². The molecule has 1 rings (SSSR count). The van der Waals surface area contributed by atoms with Crippen LogP contribution in [0.25, 0.3) is 0 Å². The number of benzene rings is 1. The second-order valence-electron chi connectivity index (χ2n) is 7.85. The van der Waals surface area contributed by atoms with Crippen molar-refractivity contribution in [2.45, 2.75) is 40.5 Å². The molecule has 0 aromatic heterocycles. The number of hydrogen-bond acceptors (Lipinski definition) is 7. The molecule has 5 N–H and O–H groups in total. The Morgan fingerprint density at radius 2 is 1.53 bits per heavy atom. The van der Waals surface area contributed by atoms with Gasteiger partial charge in [0.1, 0.15) is 0 Å². The monoisotopic (exact) mass is 479 g/mol. The highest BCUT2D eigenvalue weighted by Gasteiger charge is 2.15. The van der Waals surface area contributed by atoms with Crippen LogP contribution in [0.2, 0.25) is 0 Å². The quantitative estimate of drug-likeness (QED) is 0.248. The lowest BCUT2D eigenvalue weighted by molar-refractivity contribution is -0.124. The zero-order valence-electron chi connectivity index (χ0n) is 21.0. The SMILES string of the molecule is CCN(CC)CC(=O)Nc1c(C)ccc(NC(=O)CCC(=O)NCCOCCOCCN)c1C. The fourth-order valence-electron chi connectivity index (χ4n) is 3.20. The number of nitrogens with two attached hydrogens (primary N) is 1. The molecule has 1 aromatic carbocycles. The van der Waals surface area contributed by atoms with Crippen LogP contribution in [0, 0.1) is 13.8 Å². The van der Waals surface area contributed by atoms with E-state index in [-0.39, 0.29) is 30.6 Å². The van der Waals surface area contributed by atoms with Crippen molar-refractivity contribution < 1.29 is 23.9 Å². The van der Waals surface area contributed by atoms with Gasteiger partial charge < -0.3 is 31.2 Å². The first kappa shape index (κ1) is 29.5. The summed E-state index contributed by atoms with van der Waals surface area (Å²) in [6.07, 6.45) is 0.125. The molecule has 10 heteroatoms. The van der Waals surface area contributed by atoms with Crippen LogP contribution in [0.15, 0.2) is 12.1 Å². The van der Waals surface area contributed by atoms with Crippen LogP contribution in [0.4, 0.5) is 11.4 Å². The molecule has 0 aliphatic heterocycles. The highest BCUT2D eigenvalue weighted by atomic mass is 16.5. The van der Waals surface area contributed by atoms with Gasteiger partial charge in [0, 0.05) is 37.3 Å². The molecule has 0 heterocycles. The Hall–Kier alpha value is -2.53. The van der Waals surface area contributed by atoms with Crippen LogP contribution in [0.3, 0.4) is 0 Å². The van der Waals surface area contributed by atoms with Gasteiger partial charge in [-0.3, -0.25) is 19.3 Å². The zero-order chi connectivity index (χ0) is 25.3. The summed E-state index contributed by atoms with van der Waals surface area (Å²) in [4.78, 5) is 38.8. The summed E-state index contributed by atoms with van der Waals surface area (Å²) in [5, 5.41) is 8.53. The summed E-state index contributed by atoms with van der Waals surface area (Å²) in [7, 11) is 0. The Balaban J connectivity index is 2.45. The number of nitrogens with one attached hydrogen (secondary N) is 3. The van der Waals surface area contributed by atoms with Crippen LogP contribution in [-0.4, -0.2) is 81.8 Å². The molecule has 0 radical (unpaired) electrons. The highest BCUT2D eigenvalue weighted by molar-refractivity contribution is 5.98. The molecular formula is C24H41N5O5. The Morgan fingerprint density at radius 3 is 2.18 bits per heavy atom. The lowest BCUT2D eigenvalue weighted by Crippen LogP contribution is -2.33. The largest absolute Gasteiger partial charge is 0.378 e. The third kappa shape index (κ3) is 11.6. The average molecular weight is 480 g/mol. The Labute approximate surface area is 202 Å². The highest BCUT2D eigenvalue weighted by Crippen LogP contribution is 2.27. The summed E-state index contributed by atoms with van der Waals surface area (Å²) in [5.41, 5.74) is 8.31. The lowest BCUT2D eigenvalue weighted by Gasteiger charge is -2.20.